The first-order valence-corrected chi connectivity index (χ1v) is 5.56. The molecule has 0 aliphatic heterocycles. The third-order valence-electron chi connectivity index (χ3n) is 2.03. The molecule has 0 atom stereocenters. The number of anilines is 1. The first kappa shape index (κ1) is 14.1. The maximum atomic E-state index is 11.2. The fourth-order valence-electron chi connectivity index (χ4n) is 1.31. The Kier molecular flexibility index (Phi) is 5.79. The van der Waals surface area contributed by atoms with Crippen molar-refractivity contribution in [3.05, 3.63) is 18.2 Å². The van der Waals surface area contributed by atoms with Gasteiger partial charge in [-0.3, -0.25) is 5.32 Å². The number of carbonyl (C=O) groups excluding carboxylic acids is 1. The third kappa shape index (κ3) is 4.14. The van der Waals surface area contributed by atoms with Crippen LogP contribution in [0.1, 0.15) is 6.92 Å². The number of aliphatic hydroxyl groups excluding tert-OH is 1. The summed E-state index contributed by atoms with van der Waals surface area (Å²) in [7, 11) is 1.51. The lowest BCUT2D eigenvalue weighted by atomic mass is 10.3. The Morgan fingerprint density at radius 3 is 2.78 bits per heavy atom. The minimum atomic E-state index is -0.532. The van der Waals surface area contributed by atoms with Crippen molar-refractivity contribution < 1.29 is 24.1 Å². The van der Waals surface area contributed by atoms with E-state index in [9.17, 15) is 4.79 Å². The van der Waals surface area contributed by atoms with Crippen molar-refractivity contribution in [1.82, 2.24) is 0 Å². The van der Waals surface area contributed by atoms with Crippen molar-refractivity contribution in [2.24, 2.45) is 0 Å². The number of aliphatic hydroxyl groups is 1. The molecule has 0 fully saturated rings. The maximum absolute atomic E-state index is 11.2. The van der Waals surface area contributed by atoms with E-state index < -0.39 is 6.09 Å². The Bertz CT molecular complexity index is 394. The summed E-state index contributed by atoms with van der Waals surface area (Å²) < 4.78 is 15.2. The minimum Gasteiger partial charge on any atom is -0.493 e. The van der Waals surface area contributed by atoms with Crippen molar-refractivity contribution in [3.63, 3.8) is 0 Å². The highest BCUT2D eigenvalue weighted by atomic mass is 16.5. The van der Waals surface area contributed by atoms with E-state index in [0.29, 0.717) is 23.8 Å². The lowest BCUT2D eigenvalue weighted by Gasteiger charge is -2.12. The molecule has 0 bridgehead atoms. The zero-order valence-electron chi connectivity index (χ0n) is 10.4. The molecular weight excluding hydrogens is 238 g/mol. The van der Waals surface area contributed by atoms with Crippen LogP contribution in [0.15, 0.2) is 18.2 Å². The standard InChI is InChI=1S/C12H17NO5/c1-3-17-12(15)13-9-4-5-10(16-2)11(8-9)18-7-6-14/h4-5,8,14H,3,6-7H2,1-2H3,(H,13,15). The highest BCUT2D eigenvalue weighted by molar-refractivity contribution is 5.85. The monoisotopic (exact) mass is 255 g/mol. The summed E-state index contributed by atoms with van der Waals surface area (Å²) in [4.78, 5) is 11.2. The smallest absolute Gasteiger partial charge is 0.411 e. The number of hydrogen-bond acceptors (Lipinski definition) is 5. The second kappa shape index (κ2) is 7.39. The molecule has 0 heterocycles. The average Bonchev–Trinajstić information content (AvgIpc) is 2.36. The molecule has 0 spiro atoms. The summed E-state index contributed by atoms with van der Waals surface area (Å²) in [6, 6.07) is 4.93. The van der Waals surface area contributed by atoms with Crippen molar-refractivity contribution >= 4 is 11.8 Å². The molecule has 2 N–H and O–H groups in total. The summed E-state index contributed by atoms with van der Waals surface area (Å²) >= 11 is 0. The third-order valence-corrected chi connectivity index (χ3v) is 2.03. The molecule has 100 valence electrons. The van der Waals surface area contributed by atoms with Crippen LogP contribution in [-0.4, -0.2) is 38.1 Å². The van der Waals surface area contributed by atoms with E-state index in [1.54, 1.807) is 25.1 Å². The van der Waals surface area contributed by atoms with Gasteiger partial charge in [0.25, 0.3) is 0 Å². The van der Waals surface area contributed by atoms with Crippen LogP contribution in [0.4, 0.5) is 10.5 Å². The highest BCUT2D eigenvalue weighted by Crippen LogP contribution is 2.30. The van der Waals surface area contributed by atoms with Crippen LogP contribution >= 0.6 is 0 Å². The van der Waals surface area contributed by atoms with Gasteiger partial charge in [0.1, 0.15) is 6.61 Å². The molecule has 0 aromatic heterocycles. The van der Waals surface area contributed by atoms with Gasteiger partial charge in [0, 0.05) is 11.8 Å². The lowest BCUT2D eigenvalue weighted by molar-refractivity contribution is 0.168. The molecule has 6 heteroatoms. The van der Waals surface area contributed by atoms with Crippen molar-refractivity contribution in [2.45, 2.75) is 6.92 Å². The molecule has 0 radical (unpaired) electrons. The lowest BCUT2D eigenvalue weighted by Crippen LogP contribution is -2.13. The normalized spacial score (nSPS) is 9.72. The van der Waals surface area contributed by atoms with Crippen LogP contribution in [0.5, 0.6) is 11.5 Å². The summed E-state index contributed by atoms with van der Waals surface area (Å²) in [6.07, 6.45) is -0.532. The minimum absolute atomic E-state index is 0.0985. The molecule has 6 nitrogen and oxygen atoms in total. The molecule has 0 saturated carbocycles. The molecule has 1 rings (SSSR count). The molecule has 0 saturated heterocycles. The number of nitrogens with one attached hydrogen (secondary N) is 1. The van der Waals surface area contributed by atoms with E-state index in [0.717, 1.165) is 0 Å². The van der Waals surface area contributed by atoms with Gasteiger partial charge in [-0.2, -0.15) is 0 Å². The van der Waals surface area contributed by atoms with Gasteiger partial charge in [0.15, 0.2) is 11.5 Å². The summed E-state index contributed by atoms with van der Waals surface area (Å²) in [5.41, 5.74) is 0.530. The van der Waals surface area contributed by atoms with Crippen LogP contribution < -0.4 is 14.8 Å². The number of carbonyl (C=O) groups is 1. The molecular formula is C12H17NO5. The van der Waals surface area contributed by atoms with Gasteiger partial charge in [-0.25, -0.2) is 4.79 Å². The van der Waals surface area contributed by atoms with E-state index >= 15 is 0 Å². The van der Waals surface area contributed by atoms with E-state index in [4.69, 9.17) is 19.3 Å². The predicted molar refractivity (Wildman–Crippen MR) is 66.2 cm³/mol. The van der Waals surface area contributed by atoms with E-state index in [-0.39, 0.29) is 13.2 Å². The Hall–Kier alpha value is -1.95. The number of hydrogen-bond donors (Lipinski definition) is 2. The zero-order valence-corrected chi connectivity index (χ0v) is 10.4. The average molecular weight is 255 g/mol. The molecule has 1 aromatic rings. The number of ether oxygens (including phenoxy) is 3. The molecule has 1 aromatic carbocycles. The first-order valence-electron chi connectivity index (χ1n) is 5.56. The fourth-order valence-corrected chi connectivity index (χ4v) is 1.31. The van der Waals surface area contributed by atoms with Crippen LogP contribution in [0, 0.1) is 0 Å². The quantitative estimate of drug-likeness (QED) is 0.808. The Morgan fingerprint density at radius 2 is 2.17 bits per heavy atom. The number of benzene rings is 1. The summed E-state index contributed by atoms with van der Waals surface area (Å²) in [6.45, 7) is 2.08. The van der Waals surface area contributed by atoms with Gasteiger partial charge in [-0.1, -0.05) is 0 Å². The second-order valence-corrected chi connectivity index (χ2v) is 3.28. The van der Waals surface area contributed by atoms with Gasteiger partial charge in [-0.15, -0.1) is 0 Å². The molecule has 1 amide bonds. The number of methoxy groups -OCH3 is 1. The van der Waals surface area contributed by atoms with Crippen molar-refractivity contribution in [2.75, 3.05) is 32.2 Å². The predicted octanol–water partition coefficient (Wildman–Crippen LogP) is 1.63. The Balaban J connectivity index is 2.78. The largest absolute Gasteiger partial charge is 0.493 e. The van der Waals surface area contributed by atoms with Crippen LogP contribution in [0.3, 0.4) is 0 Å². The van der Waals surface area contributed by atoms with E-state index in [1.165, 1.54) is 7.11 Å². The van der Waals surface area contributed by atoms with E-state index in [2.05, 4.69) is 5.32 Å². The topological polar surface area (TPSA) is 77.0 Å². The van der Waals surface area contributed by atoms with Gasteiger partial charge in [-0.05, 0) is 19.1 Å². The van der Waals surface area contributed by atoms with Gasteiger partial charge in [0.05, 0.1) is 20.3 Å². The zero-order chi connectivity index (χ0) is 13.4. The van der Waals surface area contributed by atoms with E-state index in [1.807, 2.05) is 0 Å². The van der Waals surface area contributed by atoms with Crippen molar-refractivity contribution in [3.8, 4) is 11.5 Å². The number of rotatable bonds is 6. The second-order valence-electron chi connectivity index (χ2n) is 3.28. The first-order chi connectivity index (χ1) is 8.71. The summed E-state index contributed by atoms with van der Waals surface area (Å²) in [5.74, 6) is 0.971. The molecule has 0 unspecified atom stereocenters. The van der Waals surface area contributed by atoms with Gasteiger partial charge >= 0.3 is 6.09 Å². The number of amides is 1. The van der Waals surface area contributed by atoms with Gasteiger partial charge < -0.3 is 19.3 Å². The van der Waals surface area contributed by atoms with Crippen LogP contribution in [-0.2, 0) is 4.74 Å². The molecule has 18 heavy (non-hydrogen) atoms. The van der Waals surface area contributed by atoms with Crippen LogP contribution in [0.25, 0.3) is 0 Å². The van der Waals surface area contributed by atoms with Gasteiger partial charge in [0.2, 0.25) is 0 Å². The van der Waals surface area contributed by atoms with Crippen molar-refractivity contribution in [1.29, 1.82) is 0 Å². The summed E-state index contributed by atoms with van der Waals surface area (Å²) in [5, 5.41) is 11.3. The highest BCUT2D eigenvalue weighted by Gasteiger charge is 2.08. The molecule has 0 aliphatic carbocycles. The SMILES string of the molecule is CCOC(=O)Nc1ccc(OC)c(OCCO)c1. The maximum Gasteiger partial charge on any atom is 0.411 e. The Labute approximate surface area is 105 Å². The Morgan fingerprint density at radius 1 is 1.39 bits per heavy atom. The van der Waals surface area contributed by atoms with Crippen LogP contribution in [0.2, 0.25) is 0 Å². The molecule has 0 aliphatic rings. The fraction of sp³-hybridized carbons (Fsp3) is 0.417.